The average molecular weight is 577 g/mol. The molecule has 0 aliphatic rings. The van der Waals surface area contributed by atoms with E-state index in [2.05, 4.69) is 31.8 Å². The lowest BCUT2D eigenvalue weighted by Gasteiger charge is -2.08. The van der Waals surface area contributed by atoms with Gasteiger partial charge in [-0.2, -0.15) is 5.10 Å². The first kappa shape index (κ1) is 25.8. The van der Waals surface area contributed by atoms with Crippen LogP contribution < -0.4 is 15.5 Å². The third-order valence-electron chi connectivity index (χ3n) is 5.06. The zero-order valence-corrected chi connectivity index (χ0v) is 21.5. The Kier molecular flexibility index (Phi) is 8.45. The lowest BCUT2D eigenvalue weighted by atomic mass is 10.1. The van der Waals surface area contributed by atoms with Crippen LogP contribution in [-0.4, -0.2) is 24.0 Å². The largest absolute Gasteiger partial charge is 0.422 e. The van der Waals surface area contributed by atoms with Crippen molar-refractivity contribution >= 4 is 57.2 Å². The maximum Gasteiger partial charge on any atom is 0.343 e. The van der Waals surface area contributed by atoms with Crippen LogP contribution in [0.25, 0.3) is 0 Å². The molecule has 0 aliphatic carbocycles. The van der Waals surface area contributed by atoms with Crippen LogP contribution in [0.2, 0.25) is 5.02 Å². The maximum absolute atomic E-state index is 12.6. The van der Waals surface area contributed by atoms with Gasteiger partial charge in [-0.25, -0.2) is 10.2 Å². The Bertz CT molecular complexity index is 1470. The minimum Gasteiger partial charge on any atom is -0.422 e. The molecule has 0 heterocycles. The van der Waals surface area contributed by atoms with Gasteiger partial charge in [-0.05, 0) is 78.9 Å². The van der Waals surface area contributed by atoms with E-state index < -0.39 is 11.9 Å². The van der Waals surface area contributed by atoms with Gasteiger partial charge in [0.2, 0.25) is 0 Å². The molecule has 4 aromatic rings. The van der Waals surface area contributed by atoms with Crippen molar-refractivity contribution in [2.45, 2.75) is 0 Å². The summed E-state index contributed by atoms with van der Waals surface area (Å²) in [6.45, 7) is 0. The first-order valence-electron chi connectivity index (χ1n) is 11.0. The molecular formula is C28H19BrClN3O4. The topological polar surface area (TPSA) is 96.9 Å². The molecule has 4 rings (SSSR count). The van der Waals surface area contributed by atoms with E-state index in [0.29, 0.717) is 38.7 Å². The number of hydrogen-bond acceptors (Lipinski definition) is 5. The number of esters is 1. The summed E-state index contributed by atoms with van der Waals surface area (Å²) in [6.07, 6.45) is 1.38. The molecule has 2 N–H and O–H groups in total. The van der Waals surface area contributed by atoms with Crippen LogP contribution in [0.4, 0.5) is 5.69 Å². The fraction of sp³-hybridized carbons (Fsp3) is 0. The fourth-order valence-corrected chi connectivity index (χ4v) is 3.58. The van der Waals surface area contributed by atoms with Crippen LogP contribution in [0.1, 0.15) is 36.6 Å². The first-order chi connectivity index (χ1) is 17.9. The molecule has 0 atom stereocenters. The molecule has 0 spiro atoms. The Balaban J connectivity index is 1.39. The number of ether oxygens (including phenoxy) is 1. The van der Waals surface area contributed by atoms with Crippen LogP contribution in [0.15, 0.2) is 107 Å². The molecule has 0 aliphatic heterocycles. The smallest absolute Gasteiger partial charge is 0.343 e. The number of halogens is 2. The molecule has 0 fully saturated rings. The van der Waals surface area contributed by atoms with E-state index in [-0.39, 0.29) is 5.91 Å². The van der Waals surface area contributed by atoms with E-state index in [4.69, 9.17) is 16.3 Å². The third-order valence-corrected chi connectivity index (χ3v) is 5.84. The fourth-order valence-electron chi connectivity index (χ4n) is 3.19. The summed E-state index contributed by atoms with van der Waals surface area (Å²) in [5, 5.41) is 7.27. The second-order valence-electron chi connectivity index (χ2n) is 7.68. The van der Waals surface area contributed by atoms with E-state index in [9.17, 15) is 14.4 Å². The summed E-state index contributed by atoms with van der Waals surface area (Å²) in [5.74, 6) is -1.04. The summed E-state index contributed by atoms with van der Waals surface area (Å²) >= 11 is 9.19. The molecule has 0 saturated heterocycles. The van der Waals surface area contributed by atoms with Gasteiger partial charge in [-0.1, -0.05) is 45.7 Å². The van der Waals surface area contributed by atoms with Crippen LogP contribution in [0, 0.1) is 0 Å². The second kappa shape index (κ2) is 12.1. The van der Waals surface area contributed by atoms with E-state index in [1.807, 2.05) is 0 Å². The molecule has 4 aromatic carbocycles. The van der Waals surface area contributed by atoms with Crippen molar-refractivity contribution in [3.05, 3.63) is 129 Å². The molecular weight excluding hydrogens is 558 g/mol. The van der Waals surface area contributed by atoms with E-state index in [1.165, 1.54) is 12.3 Å². The normalized spacial score (nSPS) is 10.6. The van der Waals surface area contributed by atoms with E-state index >= 15 is 0 Å². The predicted molar refractivity (Wildman–Crippen MR) is 146 cm³/mol. The van der Waals surface area contributed by atoms with E-state index in [1.54, 1.807) is 91.0 Å². The highest BCUT2D eigenvalue weighted by atomic mass is 79.9. The first-order valence-corrected chi connectivity index (χ1v) is 12.1. The van der Waals surface area contributed by atoms with Crippen molar-refractivity contribution < 1.29 is 19.1 Å². The lowest BCUT2D eigenvalue weighted by molar-refractivity contribution is 0.0734. The number of hydrogen-bond donors (Lipinski definition) is 2. The van der Waals surface area contributed by atoms with Crippen molar-refractivity contribution in [3.63, 3.8) is 0 Å². The van der Waals surface area contributed by atoms with Crippen LogP contribution >= 0.6 is 27.5 Å². The Morgan fingerprint density at radius 1 is 0.784 bits per heavy atom. The molecule has 0 unspecified atom stereocenters. The SMILES string of the molecule is O=C(NN=Cc1ccccc1OC(=O)c1ccc(Br)cc1)c1cccc(NC(=O)c2ccc(Cl)cc2)c1. The molecule has 37 heavy (non-hydrogen) atoms. The molecule has 0 bridgehead atoms. The van der Waals surface area contributed by atoms with Crippen molar-refractivity contribution in [1.29, 1.82) is 0 Å². The lowest BCUT2D eigenvalue weighted by Crippen LogP contribution is -2.18. The summed E-state index contributed by atoms with van der Waals surface area (Å²) in [5.41, 5.74) is 4.51. The monoisotopic (exact) mass is 575 g/mol. The van der Waals surface area contributed by atoms with Crippen molar-refractivity contribution in [1.82, 2.24) is 5.43 Å². The third kappa shape index (κ3) is 7.13. The Morgan fingerprint density at radius 2 is 1.49 bits per heavy atom. The van der Waals surface area contributed by atoms with Crippen molar-refractivity contribution in [3.8, 4) is 5.75 Å². The van der Waals surface area contributed by atoms with Gasteiger partial charge in [0.05, 0.1) is 11.8 Å². The van der Waals surface area contributed by atoms with Gasteiger partial charge in [0, 0.05) is 31.9 Å². The zero-order chi connectivity index (χ0) is 26.2. The van der Waals surface area contributed by atoms with E-state index in [0.717, 1.165) is 4.47 Å². The van der Waals surface area contributed by atoms with Gasteiger partial charge >= 0.3 is 5.97 Å². The summed E-state index contributed by atoms with van der Waals surface area (Å²) in [6, 6.07) is 26.5. The van der Waals surface area contributed by atoms with Crippen LogP contribution in [-0.2, 0) is 0 Å². The Hall–Kier alpha value is -4.27. The molecule has 0 aromatic heterocycles. The number of amides is 2. The maximum atomic E-state index is 12.6. The summed E-state index contributed by atoms with van der Waals surface area (Å²) in [7, 11) is 0. The number of carbonyl (C=O) groups excluding carboxylic acids is 3. The van der Waals surface area contributed by atoms with Gasteiger partial charge in [0.1, 0.15) is 5.75 Å². The number of carbonyl (C=O) groups is 3. The highest BCUT2D eigenvalue weighted by molar-refractivity contribution is 9.10. The molecule has 184 valence electrons. The van der Waals surface area contributed by atoms with Crippen molar-refractivity contribution in [2.24, 2.45) is 5.10 Å². The Morgan fingerprint density at radius 3 is 2.24 bits per heavy atom. The van der Waals surface area contributed by atoms with Gasteiger partial charge < -0.3 is 10.1 Å². The summed E-state index contributed by atoms with van der Waals surface area (Å²) in [4.78, 5) is 37.5. The number of anilines is 1. The molecule has 2 amide bonds. The minimum atomic E-state index is -0.519. The zero-order valence-electron chi connectivity index (χ0n) is 19.2. The molecule has 9 heteroatoms. The number of hydrazone groups is 1. The highest BCUT2D eigenvalue weighted by Crippen LogP contribution is 2.19. The van der Waals surface area contributed by atoms with Crippen LogP contribution in [0.5, 0.6) is 5.75 Å². The number of rotatable bonds is 7. The number of nitrogens with one attached hydrogen (secondary N) is 2. The predicted octanol–water partition coefficient (Wildman–Crippen LogP) is 6.34. The standard InChI is InChI=1S/C28H19BrClN3O4/c29-22-12-8-19(9-13-22)28(36)37-25-7-2-1-4-21(25)17-31-33-27(35)20-5-3-6-24(16-20)32-26(34)18-10-14-23(30)15-11-18/h1-17H,(H,32,34)(H,33,35). The Labute approximate surface area is 226 Å². The van der Waals surface area contributed by atoms with Crippen LogP contribution in [0.3, 0.4) is 0 Å². The molecule has 0 saturated carbocycles. The molecule has 0 radical (unpaired) electrons. The van der Waals surface area contributed by atoms with Crippen molar-refractivity contribution in [2.75, 3.05) is 5.32 Å². The average Bonchev–Trinajstić information content (AvgIpc) is 2.90. The number of para-hydroxylation sites is 1. The summed E-state index contributed by atoms with van der Waals surface area (Å²) < 4.78 is 6.35. The highest BCUT2D eigenvalue weighted by Gasteiger charge is 2.12. The van der Waals surface area contributed by atoms with Gasteiger partial charge in [0.15, 0.2) is 0 Å². The van der Waals surface area contributed by atoms with Gasteiger partial charge in [0.25, 0.3) is 11.8 Å². The second-order valence-corrected chi connectivity index (χ2v) is 9.03. The quantitative estimate of drug-likeness (QED) is 0.116. The minimum absolute atomic E-state index is 0.292. The van der Waals surface area contributed by atoms with Gasteiger partial charge in [-0.15, -0.1) is 0 Å². The number of benzene rings is 4. The molecule has 7 nitrogen and oxygen atoms in total. The number of nitrogens with zero attached hydrogens (tertiary/aromatic N) is 1. The van der Waals surface area contributed by atoms with Gasteiger partial charge in [-0.3, -0.25) is 9.59 Å².